The minimum atomic E-state index is 0.514. The van der Waals surface area contributed by atoms with E-state index in [-0.39, 0.29) is 0 Å². The van der Waals surface area contributed by atoms with E-state index in [2.05, 4.69) is 24.3 Å². The summed E-state index contributed by atoms with van der Waals surface area (Å²) in [5.74, 6) is 0.514. The lowest BCUT2D eigenvalue weighted by Gasteiger charge is -2.15. The molecule has 0 atom stereocenters. The highest BCUT2D eigenvalue weighted by Crippen LogP contribution is 2.29. The first-order valence-electron chi connectivity index (χ1n) is 4.99. The summed E-state index contributed by atoms with van der Waals surface area (Å²) in [6, 6.07) is 0. The summed E-state index contributed by atoms with van der Waals surface area (Å²) >= 11 is 0. The van der Waals surface area contributed by atoms with Crippen LogP contribution in [0, 0.1) is 0 Å². The van der Waals surface area contributed by atoms with Gasteiger partial charge in [-0.3, -0.25) is 4.68 Å². The molecule has 3 nitrogen and oxygen atoms in total. The fourth-order valence-electron chi connectivity index (χ4n) is 1.93. The third kappa shape index (κ3) is 1.32. The molecule has 0 fully saturated rings. The zero-order chi connectivity index (χ0) is 9.42. The zero-order valence-corrected chi connectivity index (χ0v) is 8.59. The predicted molar refractivity (Wildman–Crippen MR) is 54.1 cm³/mol. The lowest BCUT2D eigenvalue weighted by Crippen LogP contribution is -2.13. The summed E-state index contributed by atoms with van der Waals surface area (Å²) in [5.41, 5.74) is 3.89. The molecular formula is C10H17N3. The van der Waals surface area contributed by atoms with Crippen molar-refractivity contribution in [2.45, 2.75) is 32.6 Å². The van der Waals surface area contributed by atoms with Crippen molar-refractivity contribution in [3.63, 3.8) is 0 Å². The average molecular weight is 179 g/mol. The minimum absolute atomic E-state index is 0.514. The summed E-state index contributed by atoms with van der Waals surface area (Å²) in [5, 5.41) is 8.00. The Bertz CT molecular complexity index is 312. The minimum Gasteiger partial charge on any atom is -0.382 e. The maximum Gasteiger partial charge on any atom is 0.0884 e. The van der Waals surface area contributed by atoms with Gasteiger partial charge in [0, 0.05) is 13.6 Å². The van der Waals surface area contributed by atoms with E-state index in [1.54, 1.807) is 0 Å². The monoisotopic (exact) mass is 179 g/mol. The summed E-state index contributed by atoms with van der Waals surface area (Å²) in [6.07, 6.45) is 2.39. The number of fused-ring (bicyclic) bond motifs is 1. The van der Waals surface area contributed by atoms with Crippen molar-refractivity contribution in [3.05, 3.63) is 11.4 Å². The van der Waals surface area contributed by atoms with Crippen LogP contribution in [-0.2, 0) is 13.5 Å². The topological polar surface area (TPSA) is 29.9 Å². The molecule has 1 N–H and O–H groups in total. The van der Waals surface area contributed by atoms with E-state index >= 15 is 0 Å². The molecule has 0 unspecified atom stereocenters. The van der Waals surface area contributed by atoms with Gasteiger partial charge in [-0.15, -0.1) is 0 Å². The van der Waals surface area contributed by atoms with Crippen molar-refractivity contribution < 1.29 is 0 Å². The Hall–Kier alpha value is -0.990. The van der Waals surface area contributed by atoms with E-state index < -0.39 is 0 Å². The fraction of sp³-hybridized carbons (Fsp3) is 0.700. The molecule has 1 aliphatic heterocycles. The van der Waals surface area contributed by atoms with E-state index in [9.17, 15) is 0 Å². The van der Waals surface area contributed by atoms with Crippen molar-refractivity contribution in [2.24, 2.45) is 7.05 Å². The van der Waals surface area contributed by atoms with E-state index in [0.29, 0.717) is 5.92 Å². The van der Waals surface area contributed by atoms with Crippen LogP contribution in [-0.4, -0.2) is 16.3 Å². The van der Waals surface area contributed by atoms with Crippen LogP contribution < -0.4 is 5.32 Å². The number of rotatable bonds is 1. The maximum absolute atomic E-state index is 4.55. The number of aryl methyl sites for hydroxylation is 1. The van der Waals surface area contributed by atoms with Gasteiger partial charge >= 0.3 is 0 Å². The van der Waals surface area contributed by atoms with Crippen LogP contribution in [0.1, 0.15) is 37.6 Å². The third-order valence-corrected chi connectivity index (χ3v) is 2.63. The van der Waals surface area contributed by atoms with Gasteiger partial charge in [-0.2, -0.15) is 5.10 Å². The van der Waals surface area contributed by atoms with E-state index in [1.807, 2.05) is 11.7 Å². The van der Waals surface area contributed by atoms with Gasteiger partial charge in [0.2, 0.25) is 0 Å². The van der Waals surface area contributed by atoms with Crippen LogP contribution in [0.3, 0.4) is 0 Å². The Morgan fingerprint density at radius 3 is 2.92 bits per heavy atom. The predicted octanol–water partition coefficient (Wildman–Crippen LogP) is 1.90. The normalized spacial score (nSPS) is 15.7. The summed E-state index contributed by atoms with van der Waals surface area (Å²) in [4.78, 5) is 0. The molecule has 0 bridgehead atoms. The van der Waals surface area contributed by atoms with Crippen LogP contribution in [0.2, 0.25) is 0 Å². The van der Waals surface area contributed by atoms with Gasteiger partial charge in [0.25, 0.3) is 0 Å². The third-order valence-electron chi connectivity index (χ3n) is 2.63. The first-order valence-corrected chi connectivity index (χ1v) is 4.99. The van der Waals surface area contributed by atoms with Crippen LogP contribution in [0.25, 0.3) is 0 Å². The van der Waals surface area contributed by atoms with Crippen LogP contribution in [0.5, 0.6) is 0 Å². The lowest BCUT2D eigenvalue weighted by molar-refractivity contribution is 0.666. The quantitative estimate of drug-likeness (QED) is 0.713. The maximum atomic E-state index is 4.55. The van der Waals surface area contributed by atoms with Crippen molar-refractivity contribution in [2.75, 3.05) is 11.9 Å². The van der Waals surface area contributed by atoms with Crippen LogP contribution in [0.4, 0.5) is 5.69 Å². The van der Waals surface area contributed by atoms with Crippen molar-refractivity contribution in [1.29, 1.82) is 0 Å². The van der Waals surface area contributed by atoms with Gasteiger partial charge < -0.3 is 5.32 Å². The number of hydrogen-bond acceptors (Lipinski definition) is 2. The summed E-state index contributed by atoms with van der Waals surface area (Å²) < 4.78 is 2.02. The Labute approximate surface area is 79.1 Å². The molecular weight excluding hydrogens is 162 g/mol. The average Bonchev–Trinajstić information content (AvgIpc) is 2.45. The highest BCUT2D eigenvalue weighted by Gasteiger charge is 2.20. The zero-order valence-electron chi connectivity index (χ0n) is 8.59. The van der Waals surface area contributed by atoms with Crippen LogP contribution >= 0.6 is 0 Å². The van der Waals surface area contributed by atoms with Crippen LogP contribution in [0.15, 0.2) is 0 Å². The second-order valence-corrected chi connectivity index (χ2v) is 4.02. The molecule has 2 heterocycles. The van der Waals surface area contributed by atoms with E-state index in [4.69, 9.17) is 0 Å². The number of anilines is 1. The highest BCUT2D eigenvalue weighted by molar-refractivity contribution is 5.55. The molecule has 2 rings (SSSR count). The number of nitrogens with zero attached hydrogens (tertiary/aromatic N) is 2. The fourth-order valence-corrected chi connectivity index (χ4v) is 1.93. The lowest BCUT2D eigenvalue weighted by atomic mass is 10.0. The van der Waals surface area contributed by atoms with Crippen molar-refractivity contribution in [1.82, 2.24) is 9.78 Å². The smallest absolute Gasteiger partial charge is 0.0884 e. The second-order valence-electron chi connectivity index (χ2n) is 4.02. The van der Waals surface area contributed by atoms with Crippen molar-refractivity contribution in [3.8, 4) is 0 Å². The molecule has 0 saturated heterocycles. The standard InChI is InChI=1S/C10H17N3/c1-7(2)9-10-8(13(3)12-9)5-4-6-11-10/h7,11H,4-6H2,1-3H3. The molecule has 0 saturated carbocycles. The number of nitrogens with one attached hydrogen (secondary N) is 1. The summed E-state index contributed by atoms with van der Waals surface area (Å²) in [7, 11) is 2.04. The molecule has 13 heavy (non-hydrogen) atoms. The number of hydrogen-bond donors (Lipinski definition) is 1. The molecule has 1 aliphatic rings. The largest absolute Gasteiger partial charge is 0.382 e. The first-order chi connectivity index (χ1) is 6.20. The molecule has 0 aliphatic carbocycles. The SMILES string of the molecule is CC(C)c1nn(C)c2c1NCCC2. The number of aromatic nitrogens is 2. The molecule has 72 valence electrons. The molecule has 0 amide bonds. The Kier molecular flexibility index (Phi) is 2.02. The van der Waals surface area contributed by atoms with Gasteiger partial charge in [0.05, 0.1) is 17.1 Å². The molecule has 3 heteroatoms. The van der Waals surface area contributed by atoms with Gasteiger partial charge in [-0.25, -0.2) is 0 Å². The first kappa shape index (κ1) is 8.60. The second kappa shape index (κ2) is 3.05. The molecule has 1 aromatic rings. The highest BCUT2D eigenvalue weighted by atomic mass is 15.3. The van der Waals surface area contributed by atoms with Gasteiger partial charge in [0.1, 0.15) is 0 Å². The Morgan fingerprint density at radius 2 is 2.23 bits per heavy atom. The van der Waals surface area contributed by atoms with E-state index in [0.717, 1.165) is 6.54 Å². The van der Waals surface area contributed by atoms with Crippen molar-refractivity contribution >= 4 is 5.69 Å². The Balaban J connectivity index is 2.47. The van der Waals surface area contributed by atoms with Gasteiger partial charge in [-0.05, 0) is 18.8 Å². The molecule has 0 radical (unpaired) electrons. The Morgan fingerprint density at radius 1 is 1.46 bits per heavy atom. The van der Waals surface area contributed by atoms with Gasteiger partial charge in [-0.1, -0.05) is 13.8 Å². The molecule has 0 aromatic carbocycles. The molecule has 0 spiro atoms. The van der Waals surface area contributed by atoms with Gasteiger partial charge in [0.15, 0.2) is 0 Å². The summed E-state index contributed by atoms with van der Waals surface area (Å²) in [6.45, 7) is 5.48. The molecule has 1 aromatic heterocycles. The van der Waals surface area contributed by atoms with E-state index in [1.165, 1.54) is 29.9 Å².